The maximum Gasteiger partial charge on any atom is 0.433 e. The number of nitrogens with one attached hydrogen (secondary N) is 1. The number of pyridine rings is 1. The fraction of sp³-hybridized carbons (Fsp3) is 0.333. The molecule has 2 aromatic rings. The summed E-state index contributed by atoms with van der Waals surface area (Å²) in [7, 11) is 0. The minimum Gasteiger partial charge on any atom is -0.338 e. The van der Waals surface area contributed by atoms with Gasteiger partial charge in [-0.15, -0.1) is 0 Å². The van der Waals surface area contributed by atoms with Gasteiger partial charge < -0.3 is 5.32 Å². The van der Waals surface area contributed by atoms with Gasteiger partial charge in [0.25, 0.3) is 0 Å². The van der Waals surface area contributed by atoms with Crippen LogP contribution in [0.4, 0.5) is 24.7 Å². The minimum atomic E-state index is -4.44. The fourth-order valence-corrected chi connectivity index (χ4v) is 1.50. The molecule has 0 aromatic carbocycles. The highest BCUT2D eigenvalue weighted by molar-refractivity contribution is 5.54. The number of alkyl halides is 3. The summed E-state index contributed by atoms with van der Waals surface area (Å²) in [5.74, 6) is 0.137. The van der Waals surface area contributed by atoms with E-state index >= 15 is 0 Å². The molecule has 2 heterocycles. The molecule has 0 spiro atoms. The van der Waals surface area contributed by atoms with Crippen molar-refractivity contribution in [1.29, 1.82) is 0 Å². The summed E-state index contributed by atoms with van der Waals surface area (Å²) in [6.45, 7) is 3.92. The molecule has 0 atom stereocenters. The molecule has 0 fully saturated rings. The Morgan fingerprint density at radius 3 is 2.58 bits per heavy atom. The van der Waals surface area contributed by atoms with Crippen LogP contribution in [0.3, 0.4) is 0 Å². The van der Waals surface area contributed by atoms with E-state index in [0.717, 1.165) is 6.07 Å². The molecule has 0 bridgehead atoms. The molecular weight excluding hydrogens is 257 g/mol. The Morgan fingerprint density at radius 1 is 1.26 bits per heavy atom. The number of nitrogens with zero attached hydrogens (tertiary/aromatic N) is 3. The van der Waals surface area contributed by atoms with E-state index in [1.807, 2.05) is 13.8 Å². The van der Waals surface area contributed by atoms with Crippen LogP contribution in [0.2, 0.25) is 0 Å². The van der Waals surface area contributed by atoms with Gasteiger partial charge in [-0.3, -0.25) is 4.68 Å². The van der Waals surface area contributed by atoms with E-state index in [4.69, 9.17) is 0 Å². The standard InChI is InChI=1S/C12H13F3N4/c1-8(2)19-7-9(6-16-19)17-11-5-3-4-10(18-11)12(13,14)15/h3-8H,1-2H3,(H,17,18). The van der Waals surface area contributed by atoms with Crippen LogP contribution in [0.15, 0.2) is 30.6 Å². The Hall–Kier alpha value is -2.05. The molecule has 0 saturated carbocycles. The number of hydrogen-bond donors (Lipinski definition) is 1. The number of rotatable bonds is 3. The molecule has 0 aliphatic rings. The van der Waals surface area contributed by atoms with Crippen molar-refractivity contribution in [3.8, 4) is 0 Å². The summed E-state index contributed by atoms with van der Waals surface area (Å²) < 4.78 is 39.2. The van der Waals surface area contributed by atoms with E-state index in [9.17, 15) is 13.2 Å². The smallest absolute Gasteiger partial charge is 0.338 e. The van der Waals surface area contributed by atoms with Gasteiger partial charge in [-0.2, -0.15) is 18.3 Å². The first-order valence-electron chi connectivity index (χ1n) is 5.71. The maximum absolute atomic E-state index is 12.5. The zero-order valence-electron chi connectivity index (χ0n) is 10.4. The topological polar surface area (TPSA) is 42.7 Å². The van der Waals surface area contributed by atoms with Crippen molar-refractivity contribution in [2.24, 2.45) is 0 Å². The Bertz CT molecular complexity index is 560. The molecule has 7 heteroatoms. The number of hydrogen-bond acceptors (Lipinski definition) is 3. The molecule has 19 heavy (non-hydrogen) atoms. The van der Waals surface area contributed by atoms with Crippen LogP contribution >= 0.6 is 0 Å². The molecule has 0 saturated heterocycles. The van der Waals surface area contributed by atoms with Crippen molar-refractivity contribution in [2.45, 2.75) is 26.1 Å². The van der Waals surface area contributed by atoms with Gasteiger partial charge in [0.1, 0.15) is 11.5 Å². The van der Waals surface area contributed by atoms with Crippen LogP contribution in [0, 0.1) is 0 Å². The molecule has 0 aliphatic heterocycles. The summed E-state index contributed by atoms with van der Waals surface area (Å²) in [6, 6.07) is 3.90. The van der Waals surface area contributed by atoms with Gasteiger partial charge in [0.15, 0.2) is 0 Å². The highest BCUT2D eigenvalue weighted by atomic mass is 19.4. The third-order valence-electron chi connectivity index (χ3n) is 2.44. The summed E-state index contributed by atoms with van der Waals surface area (Å²) in [5, 5.41) is 6.88. The normalized spacial score (nSPS) is 11.9. The molecule has 0 amide bonds. The first kappa shape index (κ1) is 13.4. The third-order valence-corrected chi connectivity index (χ3v) is 2.44. The zero-order chi connectivity index (χ0) is 14.0. The van der Waals surface area contributed by atoms with Crippen LogP contribution < -0.4 is 5.32 Å². The van der Waals surface area contributed by atoms with Gasteiger partial charge in [-0.1, -0.05) is 6.07 Å². The van der Waals surface area contributed by atoms with Crippen molar-refractivity contribution in [3.05, 3.63) is 36.3 Å². The van der Waals surface area contributed by atoms with Gasteiger partial charge in [0.2, 0.25) is 0 Å². The number of halogens is 3. The Labute approximate surface area is 108 Å². The summed E-state index contributed by atoms with van der Waals surface area (Å²) in [6.07, 6.45) is -1.19. The van der Waals surface area contributed by atoms with E-state index in [1.54, 1.807) is 17.1 Å². The van der Waals surface area contributed by atoms with Crippen LogP contribution in [-0.2, 0) is 6.18 Å². The lowest BCUT2D eigenvalue weighted by Gasteiger charge is -2.08. The third kappa shape index (κ3) is 3.24. The van der Waals surface area contributed by atoms with E-state index in [1.165, 1.54) is 12.1 Å². The van der Waals surface area contributed by atoms with E-state index in [2.05, 4.69) is 15.4 Å². The van der Waals surface area contributed by atoms with Crippen molar-refractivity contribution < 1.29 is 13.2 Å². The molecule has 2 aromatic heterocycles. The Kier molecular flexibility index (Phi) is 3.46. The monoisotopic (exact) mass is 270 g/mol. The summed E-state index contributed by atoms with van der Waals surface area (Å²) in [4.78, 5) is 3.52. The second kappa shape index (κ2) is 4.91. The Morgan fingerprint density at radius 2 is 2.00 bits per heavy atom. The van der Waals surface area contributed by atoms with Gasteiger partial charge in [0, 0.05) is 12.2 Å². The Balaban J connectivity index is 2.19. The second-order valence-electron chi connectivity index (χ2n) is 4.33. The largest absolute Gasteiger partial charge is 0.433 e. The zero-order valence-corrected chi connectivity index (χ0v) is 10.4. The van der Waals surface area contributed by atoms with E-state index < -0.39 is 11.9 Å². The van der Waals surface area contributed by atoms with Crippen LogP contribution in [-0.4, -0.2) is 14.8 Å². The molecule has 4 nitrogen and oxygen atoms in total. The van der Waals surface area contributed by atoms with Crippen molar-refractivity contribution in [3.63, 3.8) is 0 Å². The maximum atomic E-state index is 12.5. The SMILES string of the molecule is CC(C)n1cc(Nc2cccc(C(F)(F)F)n2)cn1. The minimum absolute atomic E-state index is 0.137. The predicted octanol–water partition coefficient (Wildman–Crippen LogP) is 3.62. The van der Waals surface area contributed by atoms with Crippen LogP contribution in [0.25, 0.3) is 0 Å². The first-order chi connectivity index (χ1) is 8.86. The molecular formula is C12H13F3N4. The van der Waals surface area contributed by atoms with Crippen LogP contribution in [0.1, 0.15) is 25.6 Å². The lowest BCUT2D eigenvalue weighted by atomic mass is 10.3. The highest BCUT2D eigenvalue weighted by Crippen LogP contribution is 2.28. The average Bonchev–Trinajstić information content (AvgIpc) is 2.77. The van der Waals surface area contributed by atoms with Crippen molar-refractivity contribution in [1.82, 2.24) is 14.8 Å². The molecule has 102 valence electrons. The van der Waals surface area contributed by atoms with E-state index in [-0.39, 0.29) is 11.9 Å². The fourth-order valence-electron chi connectivity index (χ4n) is 1.50. The molecule has 2 rings (SSSR count). The molecule has 1 N–H and O–H groups in total. The average molecular weight is 270 g/mol. The van der Waals surface area contributed by atoms with E-state index in [0.29, 0.717) is 5.69 Å². The predicted molar refractivity (Wildman–Crippen MR) is 65.1 cm³/mol. The van der Waals surface area contributed by atoms with Gasteiger partial charge >= 0.3 is 6.18 Å². The molecule has 0 unspecified atom stereocenters. The van der Waals surface area contributed by atoms with Gasteiger partial charge in [-0.05, 0) is 26.0 Å². The highest BCUT2D eigenvalue weighted by Gasteiger charge is 2.32. The van der Waals surface area contributed by atoms with Crippen molar-refractivity contribution >= 4 is 11.5 Å². The lowest BCUT2D eigenvalue weighted by molar-refractivity contribution is -0.141. The van der Waals surface area contributed by atoms with Gasteiger partial charge in [0.05, 0.1) is 11.9 Å². The number of anilines is 2. The quantitative estimate of drug-likeness (QED) is 0.926. The second-order valence-corrected chi connectivity index (χ2v) is 4.33. The first-order valence-corrected chi connectivity index (χ1v) is 5.71. The summed E-state index contributed by atoms with van der Waals surface area (Å²) in [5.41, 5.74) is -0.325. The molecule has 0 radical (unpaired) electrons. The molecule has 0 aliphatic carbocycles. The summed E-state index contributed by atoms with van der Waals surface area (Å²) >= 11 is 0. The number of aromatic nitrogens is 3. The van der Waals surface area contributed by atoms with Gasteiger partial charge in [-0.25, -0.2) is 4.98 Å². The lowest BCUT2D eigenvalue weighted by Crippen LogP contribution is -2.08. The van der Waals surface area contributed by atoms with Crippen LogP contribution in [0.5, 0.6) is 0 Å². The van der Waals surface area contributed by atoms with Crippen molar-refractivity contribution in [2.75, 3.05) is 5.32 Å².